The molecule has 0 spiro atoms. The Bertz CT molecular complexity index is 1020. The summed E-state index contributed by atoms with van der Waals surface area (Å²) >= 11 is 0. The van der Waals surface area contributed by atoms with Crippen LogP contribution < -0.4 is 4.74 Å². The SMILES string of the molecule is COc1ccc2[nH]c(-c3ccccc3)c(C=Nc3ccccn3)c2c1. The molecule has 0 aliphatic carbocycles. The zero-order valence-electron chi connectivity index (χ0n) is 13.8. The number of nitrogens with one attached hydrogen (secondary N) is 1. The minimum atomic E-state index is 0.679. The molecule has 0 aliphatic rings. The van der Waals surface area contributed by atoms with Crippen LogP contribution in [0, 0.1) is 0 Å². The number of aromatic nitrogens is 2. The van der Waals surface area contributed by atoms with Crippen LogP contribution in [0.5, 0.6) is 5.75 Å². The molecule has 1 N–H and O–H groups in total. The third kappa shape index (κ3) is 3.02. The Balaban J connectivity index is 1.90. The van der Waals surface area contributed by atoms with Crippen molar-refractivity contribution in [2.75, 3.05) is 7.11 Å². The van der Waals surface area contributed by atoms with Crippen molar-refractivity contribution >= 4 is 22.9 Å². The van der Waals surface area contributed by atoms with Crippen LogP contribution in [-0.4, -0.2) is 23.3 Å². The first-order valence-corrected chi connectivity index (χ1v) is 8.05. The number of rotatable bonds is 4. The van der Waals surface area contributed by atoms with Gasteiger partial charge in [-0.25, -0.2) is 9.98 Å². The lowest BCUT2D eigenvalue weighted by molar-refractivity contribution is 0.415. The van der Waals surface area contributed by atoms with Crippen LogP contribution in [0.4, 0.5) is 5.82 Å². The van der Waals surface area contributed by atoms with Crippen LogP contribution in [0.15, 0.2) is 77.9 Å². The highest BCUT2D eigenvalue weighted by molar-refractivity contribution is 6.06. The van der Waals surface area contributed by atoms with Gasteiger partial charge in [-0.2, -0.15) is 0 Å². The summed E-state index contributed by atoms with van der Waals surface area (Å²) in [6.07, 6.45) is 3.60. The van der Waals surface area contributed by atoms with Crippen molar-refractivity contribution in [3.05, 3.63) is 78.5 Å². The second-order valence-electron chi connectivity index (χ2n) is 5.64. The summed E-state index contributed by atoms with van der Waals surface area (Å²) in [5.41, 5.74) is 4.21. The number of fused-ring (bicyclic) bond motifs is 1. The van der Waals surface area contributed by atoms with Crippen LogP contribution >= 0.6 is 0 Å². The number of hydrogen-bond donors (Lipinski definition) is 1. The minimum absolute atomic E-state index is 0.679. The van der Waals surface area contributed by atoms with Gasteiger partial charge in [0, 0.05) is 28.9 Å². The molecular formula is C21H17N3O. The average molecular weight is 327 g/mol. The van der Waals surface area contributed by atoms with Crippen molar-refractivity contribution in [3.63, 3.8) is 0 Å². The van der Waals surface area contributed by atoms with Gasteiger partial charge in [0.05, 0.1) is 12.8 Å². The second-order valence-corrected chi connectivity index (χ2v) is 5.64. The van der Waals surface area contributed by atoms with Crippen molar-refractivity contribution in [3.8, 4) is 17.0 Å². The number of H-pyrrole nitrogens is 1. The van der Waals surface area contributed by atoms with E-state index < -0.39 is 0 Å². The predicted molar refractivity (Wildman–Crippen MR) is 102 cm³/mol. The molecule has 2 heterocycles. The fourth-order valence-corrected chi connectivity index (χ4v) is 2.85. The highest BCUT2D eigenvalue weighted by Gasteiger charge is 2.12. The zero-order chi connectivity index (χ0) is 17.1. The lowest BCUT2D eigenvalue weighted by Crippen LogP contribution is -1.86. The number of methoxy groups -OCH3 is 1. The number of aromatic amines is 1. The van der Waals surface area contributed by atoms with Gasteiger partial charge in [0.15, 0.2) is 5.82 Å². The van der Waals surface area contributed by atoms with Crippen LogP contribution in [-0.2, 0) is 0 Å². The number of nitrogens with zero attached hydrogens (tertiary/aromatic N) is 2. The largest absolute Gasteiger partial charge is 0.497 e. The maximum absolute atomic E-state index is 5.38. The average Bonchev–Trinajstić information content (AvgIpc) is 3.05. The molecule has 0 atom stereocenters. The molecule has 122 valence electrons. The van der Waals surface area contributed by atoms with E-state index in [1.165, 1.54) is 0 Å². The van der Waals surface area contributed by atoms with E-state index in [0.29, 0.717) is 5.82 Å². The van der Waals surface area contributed by atoms with Gasteiger partial charge in [0.1, 0.15) is 5.75 Å². The highest BCUT2D eigenvalue weighted by Crippen LogP contribution is 2.31. The first-order chi connectivity index (χ1) is 12.3. The molecule has 4 nitrogen and oxygen atoms in total. The van der Waals surface area contributed by atoms with Gasteiger partial charge < -0.3 is 9.72 Å². The molecule has 0 radical (unpaired) electrons. The smallest absolute Gasteiger partial charge is 0.151 e. The highest BCUT2D eigenvalue weighted by atomic mass is 16.5. The molecule has 2 aromatic heterocycles. The van der Waals surface area contributed by atoms with E-state index in [-0.39, 0.29) is 0 Å². The topological polar surface area (TPSA) is 50.3 Å². The van der Waals surface area contributed by atoms with Crippen molar-refractivity contribution in [1.29, 1.82) is 0 Å². The maximum Gasteiger partial charge on any atom is 0.151 e. The second kappa shape index (κ2) is 6.61. The molecular weight excluding hydrogens is 310 g/mol. The first-order valence-electron chi connectivity index (χ1n) is 8.05. The Kier molecular flexibility index (Phi) is 4.01. The third-order valence-corrected chi connectivity index (χ3v) is 4.08. The monoisotopic (exact) mass is 327 g/mol. The molecule has 0 saturated carbocycles. The summed E-state index contributed by atoms with van der Waals surface area (Å²) in [6, 6.07) is 21.9. The normalized spacial score (nSPS) is 11.2. The van der Waals surface area contributed by atoms with Crippen molar-refractivity contribution in [2.24, 2.45) is 4.99 Å². The molecule has 2 aromatic carbocycles. The molecule has 4 heteroatoms. The Labute approximate surface area is 145 Å². The van der Waals surface area contributed by atoms with Gasteiger partial charge in [-0.05, 0) is 35.9 Å². The summed E-state index contributed by atoms with van der Waals surface area (Å²) in [5.74, 6) is 1.50. The van der Waals surface area contributed by atoms with E-state index in [1.54, 1.807) is 13.3 Å². The quantitative estimate of drug-likeness (QED) is 0.537. The number of hydrogen-bond acceptors (Lipinski definition) is 3. The lowest BCUT2D eigenvalue weighted by Gasteiger charge is -2.01. The van der Waals surface area contributed by atoms with Crippen molar-refractivity contribution in [1.82, 2.24) is 9.97 Å². The molecule has 0 bridgehead atoms. The predicted octanol–water partition coefficient (Wildman–Crippen LogP) is 4.99. The van der Waals surface area contributed by atoms with Crippen LogP contribution in [0.1, 0.15) is 5.56 Å². The third-order valence-electron chi connectivity index (χ3n) is 4.08. The van der Waals surface area contributed by atoms with Gasteiger partial charge in [0.25, 0.3) is 0 Å². The van der Waals surface area contributed by atoms with E-state index >= 15 is 0 Å². The van der Waals surface area contributed by atoms with E-state index in [9.17, 15) is 0 Å². The van der Waals surface area contributed by atoms with Gasteiger partial charge in [-0.15, -0.1) is 0 Å². The zero-order valence-corrected chi connectivity index (χ0v) is 13.8. The Morgan fingerprint density at radius 2 is 1.84 bits per heavy atom. The molecule has 0 fully saturated rings. The summed E-state index contributed by atoms with van der Waals surface area (Å²) in [6.45, 7) is 0. The fourth-order valence-electron chi connectivity index (χ4n) is 2.85. The lowest BCUT2D eigenvalue weighted by atomic mass is 10.1. The number of benzene rings is 2. The summed E-state index contributed by atoms with van der Waals surface area (Å²) in [4.78, 5) is 12.3. The standard InChI is InChI=1S/C21H17N3O/c1-25-16-10-11-19-17(13-16)18(14-23-20-9-5-6-12-22-20)21(24-19)15-7-3-2-4-8-15/h2-14,24H,1H3. The Morgan fingerprint density at radius 3 is 2.60 bits per heavy atom. The van der Waals surface area contributed by atoms with E-state index in [1.807, 2.05) is 60.8 Å². The van der Waals surface area contributed by atoms with Gasteiger partial charge in [-0.3, -0.25) is 0 Å². The van der Waals surface area contributed by atoms with Crippen LogP contribution in [0.25, 0.3) is 22.2 Å². The van der Waals surface area contributed by atoms with E-state index in [4.69, 9.17) is 4.74 Å². The van der Waals surface area contributed by atoms with E-state index in [0.717, 1.165) is 33.5 Å². The molecule has 0 saturated heterocycles. The van der Waals surface area contributed by atoms with E-state index in [2.05, 4.69) is 27.1 Å². The fraction of sp³-hybridized carbons (Fsp3) is 0.0476. The summed E-state index contributed by atoms with van der Waals surface area (Å²) in [7, 11) is 1.67. The summed E-state index contributed by atoms with van der Waals surface area (Å²) < 4.78 is 5.38. The molecule has 0 amide bonds. The van der Waals surface area contributed by atoms with Gasteiger partial charge in [-0.1, -0.05) is 36.4 Å². The Hall–Kier alpha value is -3.40. The Morgan fingerprint density at radius 1 is 1.00 bits per heavy atom. The number of pyridine rings is 1. The minimum Gasteiger partial charge on any atom is -0.497 e. The van der Waals surface area contributed by atoms with Crippen molar-refractivity contribution in [2.45, 2.75) is 0 Å². The van der Waals surface area contributed by atoms with Crippen molar-refractivity contribution < 1.29 is 4.74 Å². The van der Waals surface area contributed by atoms with Crippen LogP contribution in [0.2, 0.25) is 0 Å². The number of ether oxygens (including phenoxy) is 1. The molecule has 0 aliphatic heterocycles. The molecule has 25 heavy (non-hydrogen) atoms. The molecule has 0 unspecified atom stereocenters. The molecule has 4 rings (SSSR count). The summed E-state index contributed by atoms with van der Waals surface area (Å²) in [5, 5.41) is 1.07. The van der Waals surface area contributed by atoms with Gasteiger partial charge >= 0.3 is 0 Å². The number of aliphatic imine (C=N–C) groups is 1. The molecule has 4 aromatic rings. The van der Waals surface area contributed by atoms with Gasteiger partial charge in [0.2, 0.25) is 0 Å². The van der Waals surface area contributed by atoms with Crippen LogP contribution in [0.3, 0.4) is 0 Å². The first kappa shape index (κ1) is 15.1. The maximum atomic E-state index is 5.38.